The Balaban J connectivity index is 1.69. The standard InChI is InChI=1S/C18H28N2O3/c1-18(13-21)10-4-9-16(18)20-17(22)19-11-5-7-14-6-3-8-15(12-14)23-2/h3,6,8,12,16,21H,4-5,7,9-11,13H2,1-2H3,(H2,19,20,22). The van der Waals surface area contributed by atoms with E-state index in [4.69, 9.17) is 4.74 Å². The number of aliphatic hydroxyl groups excluding tert-OH is 1. The predicted octanol–water partition coefficient (Wildman–Crippen LogP) is 2.48. The second kappa shape index (κ2) is 8.20. The summed E-state index contributed by atoms with van der Waals surface area (Å²) >= 11 is 0. The number of benzene rings is 1. The first-order chi connectivity index (χ1) is 11.1. The van der Waals surface area contributed by atoms with Gasteiger partial charge in [-0.25, -0.2) is 4.79 Å². The third kappa shape index (κ3) is 4.86. The summed E-state index contributed by atoms with van der Waals surface area (Å²) in [4.78, 5) is 12.0. The molecule has 1 aromatic carbocycles. The monoisotopic (exact) mass is 320 g/mol. The predicted molar refractivity (Wildman–Crippen MR) is 90.7 cm³/mol. The van der Waals surface area contributed by atoms with Gasteiger partial charge in [-0.15, -0.1) is 0 Å². The van der Waals surface area contributed by atoms with Crippen LogP contribution in [0.4, 0.5) is 4.79 Å². The second-order valence-electron chi connectivity index (χ2n) is 6.61. The Morgan fingerprint density at radius 1 is 1.48 bits per heavy atom. The Morgan fingerprint density at radius 3 is 3.04 bits per heavy atom. The molecule has 2 rings (SSSR count). The van der Waals surface area contributed by atoms with Gasteiger partial charge in [-0.05, 0) is 43.4 Å². The largest absolute Gasteiger partial charge is 0.497 e. The summed E-state index contributed by atoms with van der Waals surface area (Å²) in [6.07, 6.45) is 4.73. The van der Waals surface area contributed by atoms with E-state index in [2.05, 4.69) is 16.7 Å². The summed E-state index contributed by atoms with van der Waals surface area (Å²) < 4.78 is 5.20. The van der Waals surface area contributed by atoms with E-state index in [9.17, 15) is 9.90 Å². The molecule has 5 nitrogen and oxygen atoms in total. The van der Waals surface area contributed by atoms with E-state index in [0.29, 0.717) is 6.54 Å². The van der Waals surface area contributed by atoms with E-state index in [1.54, 1.807) is 7.11 Å². The van der Waals surface area contributed by atoms with E-state index >= 15 is 0 Å². The highest BCUT2D eigenvalue weighted by Gasteiger charge is 2.38. The summed E-state index contributed by atoms with van der Waals surface area (Å²) in [5, 5.41) is 15.4. The van der Waals surface area contributed by atoms with Crippen molar-refractivity contribution in [2.45, 2.75) is 45.1 Å². The van der Waals surface area contributed by atoms with Crippen molar-refractivity contribution in [3.8, 4) is 5.75 Å². The zero-order valence-corrected chi connectivity index (χ0v) is 14.1. The lowest BCUT2D eigenvalue weighted by Crippen LogP contribution is -2.48. The molecule has 0 saturated heterocycles. The van der Waals surface area contributed by atoms with Gasteiger partial charge in [0.1, 0.15) is 5.75 Å². The number of hydrogen-bond acceptors (Lipinski definition) is 3. The maximum Gasteiger partial charge on any atom is 0.315 e. The van der Waals surface area contributed by atoms with Gasteiger partial charge in [-0.2, -0.15) is 0 Å². The SMILES string of the molecule is COc1cccc(CCCNC(=O)NC2CCCC2(C)CO)c1. The molecule has 0 bridgehead atoms. The molecule has 0 heterocycles. The Bertz CT molecular complexity index is 521. The summed E-state index contributed by atoms with van der Waals surface area (Å²) in [6.45, 7) is 2.78. The lowest BCUT2D eigenvalue weighted by molar-refractivity contribution is 0.121. The van der Waals surface area contributed by atoms with Crippen LogP contribution in [0.25, 0.3) is 0 Å². The van der Waals surface area contributed by atoms with Gasteiger partial charge >= 0.3 is 6.03 Å². The lowest BCUT2D eigenvalue weighted by atomic mass is 9.86. The quantitative estimate of drug-likeness (QED) is 0.676. The molecule has 1 saturated carbocycles. The summed E-state index contributed by atoms with van der Waals surface area (Å²) in [6, 6.07) is 7.91. The first kappa shape index (κ1) is 17.6. The van der Waals surface area contributed by atoms with Crippen molar-refractivity contribution in [1.82, 2.24) is 10.6 Å². The number of carbonyl (C=O) groups excluding carboxylic acids is 1. The van der Waals surface area contributed by atoms with Crippen LogP contribution in [-0.2, 0) is 6.42 Å². The zero-order chi connectivity index (χ0) is 16.7. The van der Waals surface area contributed by atoms with Crippen LogP contribution < -0.4 is 15.4 Å². The van der Waals surface area contributed by atoms with E-state index in [1.165, 1.54) is 5.56 Å². The molecule has 2 unspecified atom stereocenters. The minimum Gasteiger partial charge on any atom is -0.497 e. The van der Waals surface area contributed by atoms with E-state index in [0.717, 1.165) is 37.9 Å². The highest BCUT2D eigenvalue weighted by Crippen LogP contribution is 2.37. The third-order valence-electron chi connectivity index (χ3n) is 4.81. The molecule has 0 aromatic heterocycles. The van der Waals surface area contributed by atoms with E-state index in [1.807, 2.05) is 25.1 Å². The molecule has 1 aromatic rings. The number of methoxy groups -OCH3 is 1. The van der Waals surface area contributed by atoms with Gasteiger partial charge in [0.05, 0.1) is 13.7 Å². The lowest BCUT2D eigenvalue weighted by Gasteiger charge is -2.30. The molecule has 0 radical (unpaired) electrons. The Morgan fingerprint density at radius 2 is 2.30 bits per heavy atom. The van der Waals surface area contributed by atoms with Crippen LogP contribution in [0.1, 0.15) is 38.2 Å². The first-order valence-electron chi connectivity index (χ1n) is 8.35. The molecule has 2 atom stereocenters. The smallest absolute Gasteiger partial charge is 0.315 e. The van der Waals surface area contributed by atoms with Gasteiger partial charge in [0.2, 0.25) is 0 Å². The Kier molecular flexibility index (Phi) is 6.28. The molecule has 128 valence electrons. The average Bonchev–Trinajstić information content (AvgIpc) is 2.93. The minimum absolute atomic E-state index is 0.0610. The van der Waals surface area contributed by atoms with Gasteiger partial charge < -0.3 is 20.5 Å². The maximum atomic E-state index is 12.0. The number of rotatable bonds is 7. The van der Waals surface area contributed by atoms with Crippen LogP contribution >= 0.6 is 0 Å². The fourth-order valence-corrected chi connectivity index (χ4v) is 3.20. The number of nitrogens with one attached hydrogen (secondary N) is 2. The number of urea groups is 1. The number of hydrogen-bond donors (Lipinski definition) is 3. The highest BCUT2D eigenvalue weighted by atomic mass is 16.5. The van der Waals surface area contributed by atoms with Gasteiger partial charge in [-0.3, -0.25) is 0 Å². The molecular formula is C18H28N2O3. The molecule has 3 N–H and O–H groups in total. The van der Waals surface area contributed by atoms with Crippen LogP contribution in [0.5, 0.6) is 5.75 Å². The van der Waals surface area contributed by atoms with Gasteiger partial charge in [0, 0.05) is 18.0 Å². The molecule has 5 heteroatoms. The van der Waals surface area contributed by atoms with Gasteiger partial charge in [0.15, 0.2) is 0 Å². The number of ether oxygens (including phenoxy) is 1. The highest BCUT2D eigenvalue weighted by molar-refractivity contribution is 5.74. The molecular weight excluding hydrogens is 292 g/mol. The number of aliphatic hydroxyl groups is 1. The Hall–Kier alpha value is -1.75. The second-order valence-corrected chi connectivity index (χ2v) is 6.61. The molecule has 2 amide bonds. The summed E-state index contributed by atoms with van der Waals surface area (Å²) in [5.41, 5.74) is 1.02. The molecule has 1 aliphatic carbocycles. The fourth-order valence-electron chi connectivity index (χ4n) is 3.20. The molecule has 1 fully saturated rings. The van der Waals surface area contributed by atoms with E-state index in [-0.39, 0.29) is 24.1 Å². The molecule has 0 spiro atoms. The minimum atomic E-state index is -0.183. The summed E-state index contributed by atoms with van der Waals surface area (Å²) in [5.74, 6) is 0.859. The van der Waals surface area contributed by atoms with E-state index < -0.39 is 0 Å². The topological polar surface area (TPSA) is 70.6 Å². The van der Waals surface area contributed by atoms with Crippen LogP contribution in [0.2, 0.25) is 0 Å². The first-order valence-corrected chi connectivity index (χ1v) is 8.35. The number of carbonyl (C=O) groups is 1. The number of aryl methyl sites for hydroxylation is 1. The molecule has 1 aliphatic rings. The van der Waals surface area contributed by atoms with Gasteiger partial charge in [-0.1, -0.05) is 25.5 Å². The normalized spacial score (nSPS) is 23.5. The maximum absolute atomic E-state index is 12.0. The van der Waals surface area contributed by atoms with Gasteiger partial charge in [0.25, 0.3) is 0 Å². The number of amides is 2. The average molecular weight is 320 g/mol. The van der Waals surface area contributed by atoms with Crippen molar-refractivity contribution in [1.29, 1.82) is 0 Å². The molecule has 0 aliphatic heterocycles. The van der Waals surface area contributed by atoms with Crippen LogP contribution in [0.15, 0.2) is 24.3 Å². The van der Waals surface area contributed by atoms with Crippen LogP contribution in [0.3, 0.4) is 0 Å². The zero-order valence-electron chi connectivity index (χ0n) is 14.1. The van der Waals surface area contributed by atoms with Crippen molar-refractivity contribution in [2.24, 2.45) is 5.41 Å². The fraction of sp³-hybridized carbons (Fsp3) is 0.611. The van der Waals surface area contributed by atoms with Crippen LogP contribution in [0, 0.1) is 5.41 Å². The van der Waals surface area contributed by atoms with Crippen molar-refractivity contribution < 1.29 is 14.6 Å². The summed E-state index contributed by atoms with van der Waals surface area (Å²) in [7, 11) is 1.66. The molecule has 23 heavy (non-hydrogen) atoms. The van der Waals surface area contributed by atoms with Crippen molar-refractivity contribution >= 4 is 6.03 Å². The Labute approximate surface area is 138 Å². The van der Waals surface area contributed by atoms with Crippen LogP contribution in [-0.4, -0.2) is 37.4 Å². The van der Waals surface area contributed by atoms with Crippen molar-refractivity contribution in [2.75, 3.05) is 20.3 Å². The van der Waals surface area contributed by atoms with Crippen molar-refractivity contribution in [3.63, 3.8) is 0 Å². The van der Waals surface area contributed by atoms with Crippen molar-refractivity contribution in [3.05, 3.63) is 29.8 Å². The third-order valence-corrected chi connectivity index (χ3v) is 4.81.